The Balaban J connectivity index is 1.99. The van der Waals surface area contributed by atoms with Gasteiger partial charge in [-0.25, -0.2) is 0 Å². The van der Waals surface area contributed by atoms with Crippen molar-refractivity contribution in [3.05, 3.63) is 34.9 Å². The van der Waals surface area contributed by atoms with Crippen molar-refractivity contribution in [2.75, 3.05) is 32.7 Å². The highest BCUT2D eigenvalue weighted by molar-refractivity contribution is 5.69. The lowest BCUT2D eigenvalue weighted by molar-refractivity contribution is -0.138. The van der Waals surface area contributed by atoms with E-state index in [0.29, 0.717) is 6.04 Å². The minimum atomic E-state index is -0.735. The van der Waals surface area contributed by atoms with Gasteiger partial charge in [-0.05, 0) is 31.9 Å². The average molecular weight is 276 g/mol. The number of carboxylic acids is 1. The molecule has 0 aliphatic carbocycles. The summed E-state index contributed by atoms with van der Waals surface area (Å²) in [6.07, 6.45) is 0. The molecule has 1 heterocycles. The van der Waals surface area contributed by atoms with Gasteiger partial charge in [0, 0.05) is 32.2 Å². The molecule has 1 aromatic carbocycles. The summed E-state index contributed by atoms with van der Waals surface area (Å²) < 4.78 is 0. The van der Waals surface area contributed by atoms with Gasteiger partial charge in [0.15, 0.2) is 0 Å². The summed E-state index contributed by atoms with van der Waals surface area (Å²) in [5.41, 5.74) is 4.01. The predicted octanol–water partition coefficient (Wildman–Crippen LogP) is 2.07. The first kappa shape index (κ1) is 15.0. The van der Waals surface area contributed by atoms with Gasteiger partial charge in [0.05, 0.1) is 6.54 Å². The quantitative estimate of drug-likeness (QED) is 0.914. The van der Waals surface area contributed by atoms with Crippen molar-refractivity contribution < 1.29 is 9.90 Å². The van der Waals surface area contributed by atoms with Gasteiger partial charge in [0.2, 0.25) is 0 Å². The summed E-state index contributed by atoms with van der Waals surface area (Å²) in [7, 11) is 0. The minimum Gasteiger partial charge on any atom is -0.480 e. The number of aryl methyl sites for hydroxylation is 2. The first-order valence-electron chi connectivity index (χ1n) is 7.22. The number of benzene rings is 1. The van der Waals surface area contributed by atoms with Crippen LogP contribution in [0.3, 0.4) is 0 Å². The van der Waals surface area contributed by atoms with Gasteiger partial charge in [-0.2, -0.15) is 0 Å². The molecule has 1 aliphatic rings. The van der Waals surface area contributed by atoms with Crippen molar-refractivity contribution in [2.45, 2.75) is 26.8 Å². The Hall–Kier alpha value is -1.39. The smallest absolute Gasteiger partial charge is 0.317 e. The van der Waals surface area contributed by atoms with Gasteiger partial charge in [0.25, 0.3) is 0 Å². The van der Waals surface area contributed by atoms with Crippen molar-refractivity contribution in [3.8, 4) is 0 Å². The number of carboxylic acid groups (broad SMARTS) is 1. The predicted molar refractivity (Wildman–Crippen MR) is 80.0 cm³/mol. The minimum absolute atomic E-state index is 0.158. The van der Waals surface area contributed by atoms with E-state index >= 15 is 0 Å². The molecule has 4 nitrogen and oxygen atoms in total. The number of hydrogen-bond donors (Lipinski definition) is 1. The third-order valence-corrected chi connectivity index (χ3v) is 4.20. The maximum atomic E-state index is 10.7. The van der Waals surface area contributed by atoms with Gasteiger partial charge in [0.1, 0.15) is 0 Å². The highest BCUT2D eigenvalue weighted by atomic mass is 16.4. The zero-order chi connectivity index (χ0) is 14.7. The Morgan fingerprint density at radius 2 is 1.90 bits per heavy atom. The molecule has 1 fully saturated rings. The fourth-order valence-electron chi connectivity index (χ4n) is 2.91. The second-order valence-corrected chi connectivity index (χ2v) is 5.74. The molecule has 0 amide bonds. The standard InChI is InChI=1S/C16H24N2O2/c1-12-4-5-13(2)15(10-12)14(3)18-8-6-17(7-9-18)11-16(19)20/h4-5,10,14H,6-9,11H2,1-3H3,(H,19,20). The Morgan fingerprint density at radius 3 is 2.50 bits per heavy atom. The maximum absolute atomic E-state index is 10.7. The molecular formula is C16H24N2O2. The van der Waals surface area contributed by atoms with Crippen molar-refractivity contribution in [1.82, 2.24) is 9.80 Å². The SMILES string of the molecule is Cc1ccc(C)c(C(C)N2CCN(CC(=O)O)CC2)c1. The molecule has 0 bridgehead atoms. The number of piperazine rings is 1. The van der Waals surface area contributed by atoms with Crippen LogP contribution in [0.15, 0.2) is 18.2 Å². The lowest BCUT2D eigenvalue weighted by Crippen LogP contribution is -2.48. The van der Waals surface area contributed by atoms with Crippen LogP contribution in [0.2, 0.25) is 0 Å². The largest absolute Gasteiger partial charge is 0.480 e. The molecule has 2 rings (SSSR count). The molecule has 0 radical (unpaired) electrons. The highest BCUT2D eigenvalue weighted by Gasteiger charge is 2.23. The van der Waals surface area contributed by atoms with Gasteiger partial charge in [-0.3, -0.25) is 14.6 Å². The van der Waals surface area contributed by atoms with Crippen molar-refractivity contribution in [3.63, 3.8) is 0 Å². The zero-order valence-electron chi connectivity index (χ0n) is 12.6. The van der Waals surface area contributed by atoms with Crippen LogP contribution in [-0.4, -0.2) is 53.6 Å². The highest BCUT2D eigenvalue weighted by Crippen LogP contribution is 2.25. The number of hydrogen-bond acceptors (Lipinski definition) is 3. The molecule has 1 N–H and O–H groups in total. The average Bonchev–Trinajstić information content (AvgIpc) is 2.41. The zero-order valence-corrected chi connectivity index (χ0v) is 12.6. The molecule has 1 aliphatic heterocycles. The van der Waals surface area contributed by atoms with Crippen LogP contribution >= 0.6 is 0 Å². The topological polar surface area (TPSA) is 43.8 Å². The first-order chi connectivity index (χ1) is 9.47. The van der Waals surface area contributed by atoms with E-state index in [1.165, 1.54) is 16.7 Å². The van der Waals surface area contributed by atoms with E-state index in [0.717, 1.165) is 26.2 Å². The summed E-state index contributed by atoms with van der Waals surface area (Å²) in [5.74, 6) is -0.735. The molecule has 1 aromatic rings. The lowest BCUT2D eigenvalue weighted by Gasteiger charge is -2.38. The van der Waals surface area contributed by atoms with Gasteiger partial charge < -0.3 is 5.11 Å². The Bertz CT molecular complexity index is 479. The van der Waals surface area contributed by atoms with Crippen molar-refractivity contribution in [2.24, 2.45) is 0 Å². The molecule has 110 valence electrons. The van der Waals surface area contributed by atoms with Crippen LogP contribution in [0.25, 0.3) is 0 Å². The summed E-state index contributed by atoms with van der Waals surface area (Å²) in [6, 6.07) is 6.99. The van der Waals surface area contributed by atoms with Gasteiger partial charge in [-0.15, -0.1) is 0 Å². The number of aliphatic carboxylic acids is 1. The van der Waals surface area contributed by atoms with Crippen LogP contribution < -0.4 is 0 Å². The first-order valence-corrected chi connectivity index (χ1v) is 7.22. The number of carbonyl (C=O) groups is 1. The monoisotopic (exact) mass is 276 g/mol. The van der Waals surface area contributed by atoms with Crippen molar-refractivity contribution >= 4 is 5.97 Å². The number of nitrogens with zero attached hydrogens (tertiary/aromatic N) is 2. The molecule has 1 unspecified atom stereocenters. The van der Waals surface area contributed by atoms with Crippen LogP contribution in [0.1, 0.15) is 29.7 Å². The van der Waals surface area contributed by atoms with E-state index in [-0.39, 0.29) is 6.54 Å². The Labute approximate surface area is 121 Å². The lowest BCUT2D eigenvalue weighted by atomic mass is 9.98. The van der Waals surface area contributed by atoms with E-state index < -0.39 is 5.97 Å². The van der Waals surface area contributed by atoms with Crippen LogP contribution in [0.5, 0.6) is 0 Å². The second-order valence-electron chi connectivity index (χ2n) is 5.74. The van der Waals surface area contributed by atoms with Crippen LogP contribution in [-0.2, 0) is 4.79 Å². The summed E-state index contributed by atoms with van der Waals surface area (Å²) in [6.45, 7) is 10.2. The molecule has 4 heteroatoms. The molecule has 0 saturated carbocycles. The van der Waals surface area contributed by atoms with E-state index in [1.807, 2.05) is 4.90 Å². The summed E-state index contributed by atoms with van der Waals surface area (Å²) in [4.78, 5) is 15.2. The molecule has 1 atom stereocenters. The molecule has 20 heavy (non-hydrogen) atoms. The van der Waals surface area contributed by atoms with E-state index in [9.17, 15) is 4.79 Å². The van der Waals surface area contributed by atoms with Gasteiger partial charge in [-0.1, -0.05) is 23.8 Å². The summed E-state index contributed by atoms with van der Waals surface area (Å²) in [5, 5.41) is 8.83. The normalized spacial score (nSPS) is 18.9. The molecular weight excluding hydrogens is 252 g/mol. The van der Waals surface area contributed by atoms with E-state index in [1.54, 1.807) is 0 Å². The van der Waals surface area contributed by atoms with E-state index in [4.69, 9.17) is 5.11 Å². The second kappa shape index (κ2) is 6.37. The fraction of sp³-hybridized carbons (Fsp3) is 0.562. The fourth-order valence-corrected chi connectivity index (χ4v) is 2.91. The number of rotatable bonds is 4. The van der Waals surface area contributed by atoms with Crippen LogP contribution in [0, 0.1) is 13.8 Å². The third kappa shape index (κ3) is 3.58. The Morgan fingerprint density at radius 1 is 1.25 bits per heavy atom. The third-order valence-electron chi connectivity index (χ3n) is 4.20. The molecule has 0 aromatic heterocycles. The van der Waals surface area contributed by atoms with Crippen LogP contribution in [0.4, 0.5) is 0 Å². The Kier molecular flexibility index (Phi) is 4.78. The summed E-state index contributed by atoms with van der Waals surface area (Å²) >= 11 is 0. The van der Waals surface area contributed by atoms with Gasteiger partial charge >= 0.3 is 5.97 Å². The van der Waals surface area contributed by atoms with Crippen molar-refractivity contribution in [1.29, 1.82) is 0 Å². The maximum Gasteiger partial charge on any atom is 0.317 e. The van der Waals surface area contributed by atoms with E-state index in [2.05, 4.69) is 43.9 Å². The molecule has 0 spiro atoms. The molecule has 1 saturated heterocycles.